The number of hydrogen-bond acceptors (Lipinski definition) is 4. The molecule has 1 aromatic carbocycles. The van der Waals surface area contributed by atoms with Gasteiger partial charge in [-0.15, -0.1) is 0 Å². The van der Waals surface area contributed by atoms with Gasteiger partial charge in [0.2, 0.25) is 0 Å². The summed E-state index contributed by atoms with van der Waals surface area (Å²) in [6, 6.07) is 10.2. The number of aromatic nitrogens is 1. The quantitative estimate of drug-likeness (QED) is 0.545. The summed E-state index contributed by atoms with van der Waals surface area (Å²) < 4.78 is 14.2. The number of halogens is 1. The van der Waals surface area contributed by atoms with E-state index in [1.807, 2.05) is 19.9 Å². The number of unbranched alkanes of at least 4 members (excludes halogenated alkanes) is 1. The van der Waals surface area contributed by atoms with E-state index in [0.717, 1.165) is 18.4 Å². The van der Waals surface area contributed by atoms with Gasteiger partial charge in [-0.1, -0.05) is 32.4 Å². The van der Waals surface area contributed by atoms with Crippen molar-refractivity contribution in [3.63, 3.8) is 0 Å². The van der Waals surface area contributed by atoms with Gasteiger partial charge in [-0.3, -0.25) is 4.79 Å². The molecule has 0 bridgehead atoms. The standard InChI is InChI=1S/C22H30FN3O2/c1-4-5-11-24-22(28)18-8-6-7-17(12-18)20-10-9-19(23)21(26-20)13-25-16(3)15(2)14-27/h6-10,12,15-16,25,27H,4-5,11,13-14H2,1-3H3,(H,24,28)/t15?,16-/m1/s1. The van der Waals surface area contributed by atoms with Crippen LogP contribution in [0.25, 0.3) is 11.3 Å². The molecule has 6 heteroatoms. The van der Waals surface area contributed by atoms with Crippen molar-refractivity contribution in [3.05, 3.63) is 53.5 Å². The Labute approximate surface area is 166 Å². The minimum Gasteiger partial charge on any atom is -0.396 e. The molecule has 1 amide bonds. The normalized spacial score (nSPS) is 13.2. The van der Waals surface area contributed by atoms with Gasteiger partial charge in [0.15, 0.2) is 0 Å². The molecule has 0 fully saturated rings. The van der Waals surface area contributed by atoms with Crippen LogP contribution in [0.1, 0.15) is 49.7 Å². The molecule has 0 saturated heterocycles. The second-order valence-corrected chi connectivity index (χ2v) is 7.14. The van der Waals surface area contributed by atoms with E-state index in [1.165, 1.54) is 6.07 Å². The summed E-state index contributed by atoms with van der Waals surface area (Å²) in [6.07, 6.45) is 1.96. The summed E-state index contributed by atoms with van der Waals surface area (Å²) in [4.78, 5) is 16.7. The van der Waals surface area contributed by atoms with Gasteiger partial charge >= 0.3 is 0 Å². The lowest BCUT2D eigenvalue weighted by Crippen LogP contribution is -2.33. The van der Waals surface area contributed by atoms with Crippen LogP contribution in [-0.4, -0.2) is 35.2 Å². The Hall–Kier alpha value is -2.31. The summed E-state index contributed by atoms with van der Waals surface area (Å²) in [5.41, 5.74) is 2.25. The van der Waals surface area contributed by atoms with Crippen molar-refractivity contribution in [2.75, 3.05) is 13.2 Å². The molecule has 28 heavy (non-hydrogen) atoms. The molecule has 2 aromatic rings. The first-order chi connectivity index (χ1) is 13.5. The van der Waals surface area contributed by atoms with Gasteiger partial charge in [-0.2, -0.15) is 0 Å². The number of aliphatic hydroxyl groups is 1. The number of benzene rings is 1. The molecule has 0 spiro atoms. The lowest BCUT2D eigenvalue weighted by Gasteiger charge is -2.19. The minimum absolute atomic E-state index is 0.0324. The van der Waals surface area contributed by atoms with E-state index in [0.29, 0.717) is 23.5 Å². The summed E-state index contributed by atoms with van der Waals surface area (Å²) >= 11 is 0. The van der Waals surface area contributed by atoms with Crippen LogP contribution >= 0.6 is 0 Å². The Bertz CT molecular complexity index is 782. The lowest BCUT2D eigenvalue weighted by molar-refractivity contribution is 0.0953. The monoisotopic (exact) mass is 387 g/mol. The SMILES string of the molecule is CCCCNC(=O)c1cccc(-c2ccc(F)c(CN[C@H](C)C(C)CO)n2)c1. The van der Waals surface area contributed by atoms with Crippen LogP contribution in [0, 0.1) is 11.7 Å². The van der Waals surface area contributed by atoms with Gasteiger partial charge in [-0.05, 0) is 43.5 Å². The molecule has 5 nitrogen and oxygen atoms in total. The van der Waals surface area contributed by atoms with E-state index in [1.54, 1.807) is 24.3 Å². The van der Waals surface area contributed by atoms with Crippen LogP contribution in [0.2, 0.25) is 0 Å². The summed E-state index contributed by atoms with van der Waals surface area (Å²) in [5.74, 6) is -0.436. The van der Waals surface area contributed by atoms with E-state index in [-0.39, 0.29) is 36.8 Å². The van der Waals surface area contributed by atoms with E-state index < -0.39 is 0 Å². The first-order valence-electron chi connectivity index (χ1n) is 9.84. The van der Waals surface area contributed by atoms with Crippen molar-refractivity contribution < 1.29 is 14.3 Å². The molecule has 1 unspecified atom stereocenters. The third-order valence-corrected chi connectivity index (χ3v) is 4.89. The molecule has 0 aliphatic heterocycles. The van der Waals surface area contributed by atoms with Crippen molar-refractivity contribution >= 4 is 5.91 Å². The summed E-state index contributed by atoms with van der Waals surface area (Å²) in [7, 11) is 0. The first kappa shape index (κ1) is 22.0. The van der Waals surface area contributed by atoms with Crippen LogP contribution in [0.4, 0.5) is 4.39 Å². The predicted molar refractivity (Wildman–Crippen MR) is 109 cm³/mol. The molecule has 0 saturated carbocycles. The highest BCUT2D eigenvalue weighted by molar-refractivity contribution is 5.95. The fraction of sp³-hybridized carbons (Fsp3) is 0.455. The van der Waals surface area contributed by atoms with E-state index in [2.05, 4.69) is 22.5 Å². The Morgan fingerprint density at radius 3 is 2.75 bits per heavy atom. The summed E-state index contributed by atoms with van der Waals surface area (Å²) in [5, 5.41) is 15.3. The van der Waals surface area contributed by atoms with Gasteiger partial charge < -0.3 is 15.7 Å². The Kier molecular flexibility index (Phi) is 8.54. The van der Waals surface area contributed by atoms with Crippen LogP contribution in [-0.2, 0) is 6.54 Å². The number of amides is 1. The molecule has 0 aliphatic rings. The zero-order valence-electron chi connectivity index (χ0n) is 16.8. The maximum absolute atomic E-state index is 14.2. The highest BCUT2D eigenvalue weighted by Crippen LogP contribution is 2.20. The maximum Gasteiger partial charge on any atom is 0.251 e. The van der Waals surface area contributed by atoms with Crippen molar-refractivity contribution in [1.82, 2.24) is 15.6 Å². The zero-order chi connectivity index (χ0) is 20.5. The Morgan fingerprint density at radius 1 is 1.25 bits per heavy atom. The smallest absolute Gasteiger partial charge is 0.251 e. The molecule has 3 N–H and O–H groups in total. The molecule has 152 valence electrons. The lowest BCUT2D eigenvalue weighted by atomic mass is 10.0. The van der Waals surface area contributed by atoms with Crippen molar-refractivity contribution in [1.29, 1.82) is 0 Å². The fourth-order valence-electron chi connectivity index (χ4n) is 2.69. The largest absolute Gasteiger partial charge is 0.396 e. The summed E-state index contributed by atoms with van der Waals surface area (Å²) in [6.45, 7) is 6.93. The molecule has 2 rings (SSSR count). The van der Waals surface area contributed by atoms with Crippen LogP contribution in [0.15, 0.2) is 36.4 Å². The number of pyridine rings is 1. The minimum atomic E-state index is -0.381. The highest BCUT2D eigenvalue weighted by Gasteiger charge is 2.14. The van der Waals surface area contributed by atoms with Gasteiger partial charge in [0.05, 0.1) is 11.4 Å². The number of carbonyl (C=O) groups is 1. The Morgan fingerprint density at radius 2 is 2.04 bits per heavy atom. The number of rotatable bonds is 10. The number of aliphatic hydroxyl groups excluding tert-OH is 1. The molecular formula is C22H30FN3O2. The second-order valence-electron chi connectivity index (χ2n) is 7.14. The van der Waals surface area contributed by atoms with Crippen LogP contribution < -0.4 is 10.6 Å². The Balaban J connectivity index is 2.15. The van der Waals surface area contributed by atoms with E-state index >= 15 is 0 Å². The molecule has 2 atom stereocenters. The molecule has 0 radical (unpaired) electrons. The molecular weight excluding hydrogens is 357 g/mol. The number of nitrogens with zero attached hydrogens (tertiary/aromatic N) is 1. The number of hydrogen-bond donors (Lipinski definition) is 3. The highest BCUT2D eigenvalue weighted by atomic mass is 19.1. The molecule has 1 aromatic heterocycles. The van der Waals surface area contributed by atoms with E-state index in [9.17, 15) is 14.3 Å². The van der Waals surface area contributed by atoms with Crippen molar-refractivity contribution in [2.24, 2.45) is 5.92 Å². The number of carbonyl (C=O) groups excluding carboxylic acids is 1. The predicted octanol–water partition coefficient (Wildman–Crippen LogP) is 3.52. The van der Waals surface area contributed by atoms with Gasteiger partial charge in [0, 0.05) is 36.9 Å². The van der Waals surface area contributed by atoms with Crippen molar-refractivity contribution in [3.8, 4) is 11.3 Å². The average molecular weight is 387 g/mol. The van der Waals surface area contributed by atoms with E-state index in [4.69, 9.17) is 0 Å². The first-order valence-corrected chi connectivity index (χ1v) is 9.84. The average Bonchev–Trinajstić information content (AvgIpc) is 2.72. The van der Waals surface area contributed by atoms with Gasteiger partial charge in [-0.25, -0.2) is 9.37 Å². The molecule has 0 aliphatic carbocycles. The number of nitrogens with one attached hydrogen (secondary N) is 2. The topological polar surface area (TPSA) is 74.2 Å². The zero-order valence-corrected chi connectivity index (χ0v) is 16.8. The third kappa shape index (κ3) is 6.11. The molecule has 1 heterocycles. The third-order valence-electron chi connectivity index (χ3n) is 4.89. The fourth-order valence-corrected chi connectivity index (χ4v) is 2.69. The van der Waals surface area contributed by atoms with Gasteiger partial charge in [0.1, 0.15) is 5.82 Å². The van der Waals surface area contributed by atoms with Crippen LogP contribution in [0.3, 0.4) is 0 Å². The van der Waals surface area contributed by atoms with Crippen LogP contribution in [0.5, 0.6) is 0 Å². The maximum atomic E-state index is 14.2. The van der Waals surface area contributed by atoms with Gasteiger partial charge in [0.25, 0.3) is 5.91 Å². The van der Waals surface area contributed by atoms with Crippen molar-refractivity contribution in [2.45, 2.75) is 46.2 Å². The second kappa shape index (κ2) is 10.9.